The SMILES string of the molecule is COc1ccc(CNC(=O)c2ccc([N+](=O)[O-])cc2I)cc1Br. The number of halogens is 2. The van der Waals surface area contributed by atoms with E-state index in [1.165, 1.54) is 18.2 Å². The largest absolute Gasteiger partial charge is 0.496 e. The maximum Gasteiger partial charge on any atom is 0.270 e. The van der Waals surface area contributed by atoms with Crippen LogP contribution in [0.4, 0.5) is 5.69 Å². The van der Waals surface area contributed by atoms with Gasteiger partial charge in [-0.15, -0.1) is 0 Å². The van der Waals surface area contributed by atoms with Gasteiger partial charge in [-0.05, 0) is 62.3 Å². The predicted octanol–water partition coefficient (Wildman–Crippen LogP) is 3.90. The first-order valence-electron chi connectivity index (χ1n) is 6.47. The van der Waals surface area contributed by atoms with E-state index in [1.807, 2.05) is 34.7 Å². The van der Waals surface area contributed by atoms with Gasteiger partial charge in [-0.1, -0.05) is 6.07 Å². The molecule has 2 aromatic rings. The standard InChI is InChI=1S/C15H12BrIN2O4/c1-23-14-5-2-9(6-12(14)16)8-18-15(20)11-4-3-10(19(21)22)7-13(11)17/h2-7H,8H2,1H3,(H,18,20). The normalized spacial score (nSPS) is 10.2. The zero-order chi connectivity index (χ0) is 17.0. The van der Waals surface area contributed by atoms with E-state index in [4.69, 9.17) is 4.74 Å². The fraction of sp³-hybridized carbons (Fsp3) is 0.133. The average Bonchev–Trinajstić information content (AvgIpc) is 2.52. The van der Waals surface area contributed by atoms with Gasteiger partial charge in [0.25, 0.3) is 11.6 Å². The number of methoxy groups -OCH3 is 1. The van der Waals surface area contributed by atoms with Gasteiger partial charge in [-0.2, -0.15) is 0 Å². The minimum atomic E-state index is -0.487. The number of non-ortho nitro benzene ring substituents is 1. The van der Waals surface area contributed by atoms with Gasteiger partial charge in [-0.25, -0.2) is 0 Å². The summed E-state index contributed by atoms with van der Waals surface area (Å²) < 4.78 is 6.49. The molecular formula is C15H12BrIN2O4. The van der Waals surface area contributed by atoms with Crippen LogP contribution in [0.25, 0.3) is 0 Å². The van der Waals surface area contributed by atoms with Crippen molar-refractivity contribution in [1.29, 1.82) is 0 Å². The van der Waals surface area contributed by atoms with Crippen LogP contribution in [0, 0.1) is 13.7 Å². The first-order chi connectivity index (χ1) is 10.9. The summed E-state index contributed by atoms with van der Waals surface area (Å²) in [6.45, 7) is 0.342. The summed E-state index contributed by atoms with van der Waals surface area (Å²) in [6, 6.07) is 9.67. The van der Waals surface area contributed by atoms with Gasteiger partial charge in [0.05, 0.1) is 22.1 Å². The molecule has 0 fully saturated rings. The molecule has 2 aromatic carbocycles. The van der Waals surface area contributed by atoms with Crippen LogP contribution in [0.3, 0.4) is 0 Å². The summed E-state index contributed by atoms with van der Waals surface area (Å²) in [5.41, 5.74) is 1.27. The highest BCUT2D eigenvalue weighted by molar-refractivity contribution is 14.1. The third-order valence-electron chi connectivity index (χ3n) is 3.08. The van der Waals surface area contributed by atoms with Crippen molar-refractivity contribution >= 4 is 50.1 Å². The number of ether oxygens (including phenoxy) is 1. The highest BCUT2D eigenvalue weighted by Crippen LogP contribution is 2.25. The second-order valence-corrected chi connectivity index (χ2v) is 6.59. The Bertz CT molecular complexity index is 767. The molecule has 0 aliphatic carbocycles. The molecule has 120 valence electrons. The van der Waals surface area contributed by atoms with Gasteiger partial charge in [0.1, 0.15) is 5.75 Å². The first-order valence-corrected chi connectivity index (χ1v) is 8.34. The number of nitro groups is 1. The van der Waals surface area contributed by atoms with Crippen LogP contribution in [-0.2, 0) is 6.54 Å². The molecule has 0 spiro atoms. The lowest BCUT2D eigenvalue weighted by Crippen LogP contribution is -2.23. The summed E-state index contributed by atoms with van der Waals surface area (Å²) in [5.74, 6) is 0.432. The second kappa shape index (κ2) is 7.73. The molecule has 0 bridgehead atoms. The molecule has 0 saturated heterocycles. The van der Waals surface area contributed by atoms with Crippen molar-refractivity contribution in [2.75, 3.05) is 7.11 Å². The Morgan fingerprint density at radius 3 is 2.65 bits per heavy atom. The Labute approximate surface area is 154 Å². The molecule has 0 heterocycles. The molecule has 0 unspecified atom stereocenters. The smallest absolute Gasteiger partial charge is 0.270 e. The quantitative estimate of drug-likeness (QED) is 0.391. The van der Waals surface area contributed by atoms with E-state index in [0.717, 1.165) is 10.0 Å². The van der Waals surface area contributed by atoms with Crippen LogP contribution in [-0.4, -0.2) is 17.9 Å². The van der Waals surface area contributed by atoms with Crippen molar-refractivity contribution in [2.24, 2.45) is 0 Å². The van der Waals surface area contributed by atoms with E-state index in [0.29, 0.717) is 21.4 Å². The molecule has 0 saturated carbocycles. The number of hydrogen-bond acceptors (Lipinski definition) is 4. The predicted molar refractivity (Wildman–Crippen MR) is 97.7 cm³/mol. The van der Waals surface area contributed by atoms with E-state index < -0.39 is 4.92 Å². The van der Waals surface area contributed by atoms with Gasteiger partial charge in [0, 0.05) is 22.2 Å². The van der Waals surface area contributed by atoms with Gasteiger partial charge >= 0.3 is 0 Å². The van der Waals surface area contributed by atoms with Crippen LogP contribution >= 0.6 is 38.5 Å². The number of carbonyl (C=O) groups is 1. The van der Waals surface area contributed by atoms with Crippen molar-refractivity contribution in [3.05, 3.63) is 65.7 Å². The van der Waals surface area contributed by atoms with Crippen molar-refractivity contribution in [3.8, 4) is 5.75 Å². The number of carbonyl (C=O) groups excluding carboxylic acids is 1. The lowest BCUT2D eigenvalue weighted by molar-refractivity contribution is -0.384. The van der Waals surface area contributed by atoms with Crippen molar-refractivity contribution < 1.29 is 14.5 Å². The van der Waals surface area contributed by atoms with Crippen molar-refractivity contribution in [2.45, 2.75) is 6.54 Å². The number of amides is 1. The monoisotopic (exact) mass is 490 g/mol. The summed E-state index contributed by atoms with van der Waals surface area (Å²) in [6.07, 6.45) is 0. The number of nitrogens with zero attached hydrogens (tertiary/aromatic N) is 1. The van der Waals surface area contributed by atoms with Crippen LogP contribution in [0.1, 0.15) is 15.9 Å². The molecule has 1 amide bonds. The maximum absolute atomic E-state index is 12.2. The number of nitro benzene ring substituents is 1. The molecule has 6 nitrogen and oxygen atoms in total. The summed E-state index contributed by atoms with van der Waals surface area (Å²) in [4.78, 5) is 22.4. The van der Waals surface area contributed by atoms with Crippen LogP contribution in [0.15, 0.2) is 40.9 Å². The average molecular weight is 491 g/mol. The Morgan fingerprint density at radius 1 is 1.35 bits per heavy atom. The third kappa shape index (κ3) is 4.41. The van der Waals surface area contributed by atoms with E-state index in [9.17, 15) is 14.9 Å². The molecule has 1 N–H and O–H groups in total. The molecule has 23 heavy (non-hydrogen) atoms. The molecule has 8 heteroatoms. The topological polar surface area (TPSA) is 81.5 Å². The number of rotatable bonds is 5. The minimum Gasteiger partial charge on any atom is -0.496 e. The Morgan fingerprint density at radius 2 is 2.09 bits per heavy atom. The molecule has 0 aliphatic rings. The van der Waals surface area contributed by atoms with E-state index >= 15 is 0 Å². The van der Waals surface area contributed by atoms with Crippen LogP contribution < -0.4 is 10.1 Å². The highest BCUT2D eigenvalue weighted by atomic mass is 127. The lowest BCUT2D eigenvalue weighted by Gasteiger charge is -2.09. The van der Waals surface area contributed by atoms with Gasteiger partial charge in [0.2, 0.25) is 0 Å². The molecular weight excluding hydrogens is 479 g/mol. The van der Waals surface area contributed by atoms with Crippen LogP contribution in [0.5, 0.6) is 5.75 Å². The highest BCUT2D eigenvalue weighted by Gasteiger charge is 2.14. The van der Waals surface area contributed by atoms with Gasteiger partial charge in [-0.3, -0.25) is 14.9 Å². The molecule has 0 radical (unpaired) electrons. The molecule has 0 atom stereocenters. The summed E-state index contributed by atoms with van der Waals surface area (Å²) in [5, 5.41) is 13.5. The fourth-order valence-corrected chi connectivity index (χ4v) is 3.23. The minimum absolute atomic E-state index is 0.0370. The second-order valence-electron chi connectivity index (χ2n) is 4.57. The number of nitrogens with one attached hydrogen (secondary N) is 1. The fourth-order valence-electron chi connectivity index (χ4n) is 1.90. The maximum atomic E-state index is 12.2. The van der Waals surface area contributed by atoms with Crippen molar-refractivity contribution in [1.82, 2.24) is 5.32 Å². The zero-order valence-electron chi connectivity index (χ0n) is 12.0. The lowest BCUT2D eigenvalue weighted by atomic mass is 10.1. The zero-order valence-corrected chi connectivity index (χ0v) is 15.8. The van der Waals surface area contributed by atoms with Crippen LogP contribution in [0.2, 0.25) is 0 Å². The van der Waals surface area contributed by atoms with Crippen molar-refractivity contribution in [3.63, 3.8) is 0 Å². The number of benzene rings is 2. The van der Waals surface area contributed by atoms with E-state index in [1.54, 1.807) is 13.2 Å². The van der Waals surface area contributed by atoms with E-state index in [-0.39, 0.29) is 11.6 Å². The summed E-state index contributed by atoms with van der Waals surface area (Å²) in [7, 11) is 1.58. The Kier molecular flexibility index (Phi) is 5.94. The summed E-state index contributed by atoms with van der Waals surface area (Å²) >= 11 is 5.30. The molecule has 0 aliphatic heterocycles. The number of hydrogen-bond donors (Lipinski definition) is 1. The molecule has 0 aromatic heterocycles. The van der Waals surface area contributed by atoms with Gasteiger partial charge in [0.15, 0.2) is 0 Å². The Balaban J connectivity index is 2.08. The first kappa shape index (κ1) is 17.7. The third-order valence-corrected chi connectivity index (χ3v) is 4.59. The van der Waals surface area contributed by atoms with E-state index in [2.05, 4.69) is 21.2 Å². The molecule has 2 rings (SSSR count). The van der Waals surface area contributed by atoms with Gasteiger partial charge < -0.3 is 10.1 Å². The Hall–Kier alpha value is -1.68.